The number of aliphatic hydroxyl groups excluding tert-OH is 2. The van der Waals surface area contributed by atoms with Crippen molar-refractivity contribution in [2.75, 3.05) is 7.11 Å². The van der Waals surface area contributed by atoms with E-state index in [2.05, 4.69) is 49.8 Å². The van der Waals surface area contributed by atoms with Crippen molar-refractivity contribution in [2.45, 2.75) is 97.2 Å². The third-order valence-electron chi connectivity index (χ3n) is 5.91. The SMILES string of the molecule is CCCCCC(C)(C)/C=C/[C@@H]1C(C/C=C\CCCCC(=O)OC)[C@@H](O)C[C@H]1O. The van der Waals surface area contributed by atoms with E-state index in [9.17, 15) is 15.0 Å². The van der Waals surface area contributed by atoms with Gasteiger partial charge in [-0.05, 0) is 43.4 Å². The van der Waals surface area contributed by atoms with Crippen LogP contribution in [0.25, 0.3) is 0 Å². The molecule has 0 aromatic heterocycles. The maximum atomic E-state index is 11.1. The number of hydrogen-bond acceptors (Lipinski definition) is 4. The minimum Gasteiger partial charge on any atom is -0.469 e. The van der Waals surface area contributed by atoms with Gasteiger partial charge in [-0.15, -0.1) is 0 Å². The highest BCUT2D eigenvalue weighted by Crippen LogP contribution is 2.37. The number of allylic oxidation sites excluding steroid dienone is 3. The lowest BCUT2D eigenvalue weighted by Gasteiger charge is -2.24. The number of esters is 1. The minimum absolute atomic E-state index is 0.0180. The first kappa shape index (κ1) is 24.9. The van der Waals surface area contributed by atoms with Crippen molar-refractivity contribution in [3.05, 3.63) is 24.3 Å². The molecule has 0 amide bonds. The van der Waals surface area contributed by atoms with Gasteiger partial charge in [0, 0.05) is 18.8 Å². The molecule has 1 fully saturated rings. The molecule has 4 heteroatoms. The van der Waals surface area contributed by atoms with Gasteiger partial charge in [-0.25, -0.2) is 0 Å². The molecule has 1 aliphatic rings. The highest BCUT2D eigenvalue weighted by Gasteiger charge is 2.39. The van der Waals surface area contributed by atoms with Gasteiger partial charge < -0.3 is 14.9 Å². The van der Waals surface area contributed by atoms with Gasteiger partial charge >= 0.3 is 5.97 Å². The Hall–Kier alpha value is -1.13. The molecule has 1 saturated carbocycles. The molecule has 1 aliphatic carbocycles. The van der Waals surface area contributed by atoms with Crippen molar-refractivity contribution in [2.24, 2.45) is 17.3 Å². The molecule has 0 spiro atoms. The van der Waals surface area contributed by atoms with Crippen molar-refractivity contribution in [1.29, 1.82) is 0 Å². The van der Waals surface area contributed by atoms with Gasteiger partial charge in [-0.3, -0.25) is 4.79 Å². The molecule has 4 atom stereocenters. The molecule has 2 N–H and O–H groups in total. The first-order chi connectivity index (χ1) is 13.3. The summed E-state index contributed by atoms with van der Waals surface area (Å²) in [6.07, 6.45) is 17.0. The van der Waals surface area contributed by atoms with Crippen molar-refractivity contribution in [3.63, 3.8) is 0 Å². The van der Waals surface area contributed by atoms with Crippen molar-refractivity contribution in [3.8, 4) is 0 Å². The maximum Gasteiger partial charge on any atom is 0.305 e. The average Bonchev–Trinajstić information content (AvgIpc) is 2.91. The molecule has 162 valence electrons. The summed E-state index contributed by atoms with van der Waals surface area (Å²) in [5.41, 5.74) is 0.127. The van der Waals surface area contributed by atoms with Crippen LogP contribution in [0, 0.1) is 17.3 Å². The molecule has 0 saturated heterocycles. The molecule has 28 heavy (non-hydrogen) atoms. The Labute approximate surface area is 172 Å². The van der Waals surface area contributed by atoms with Crippen LogP contribution >= 0.6 is 0 Å². The molecular weight excluding hydrogens is 352 g/mol. The second kappa shape index (κ2) is 13.2. The summed E-state index contributed by atoms with van der Waals surface area (Å²) in [6, 6.07) is 0. The molecule has 0 aliphatic heterocycles. The zero-order chi connectivity index (χ0) is 21.0. The van der Waals surface area contributed by atoms with Crippen molar-refractivity contribution in [1.82, 2.24) is 0 Å². The van der Waals surface area contributed by atoms with Crippen LogP contribution in [0.2, 0.25) is 0 Å². The standard InChI is InChI=1S/C24H42O4/c1-5-6-12-16-24(2,3)17-15-20-19(21(25)18-22(20)26)13-10-8-7-9-11-14-23(27)28-4/h8,10,15,17,19-22,25-26H,5-7,9,11-14,16,18H2,1-4H3/b10-8-,17-15+/t19?,20-,21+,22-/m1/s1. The van der Waals surface area contributed by atoms with Crippen LogP contribution in [0.4, 0.5) is 0 Å². The average molecular weight is 395 g/mol. The Morgan fingerprint density at radius 2 is 1.86 bits per heavy atom. The summed E-state index contributed by atoms with van der Waals surface area (Å²) < 4.78 is 4.64. The first-order valence-electron chi connectivity index (χ1n) is 11.1. The third-order valence-corrected chi connectivity index (χ3v) is 5.91. The van der Waals surface area contributed by atoms with Gasteiger partial charge in [0.15, 0.2) is 0 Å². The normalized spacial score (nSPS) is 25.8. The van der Waals surface area contributed by atoms with E-state index in [1.165, 1.54) is 26.4 Å². The van der Waals surface area contributed by atoms with Gasteiger partial charge in [0.2, 0.25) is 0 Å². The van der Waals surface area contributed by atoms with E-state index in [0.717, 1.165) is 32.1 Å². The number of rotatable bonds is 13. The molecule has 0 bridgehead atoms. The molecule has 0 aromatic carbocycles. The summed E-state index contributed by atoms with van der Waals surface area (Å²) in [5, 5.41) is 20.8. The Bertz CT molecular complexity index is 495. The van der Waals surface area contributed by atoms with Gasteiger partial charge in [-0.1, -0.05) is 64.3 Å². The lowest BCUT2D eigenvalue weighted by Crippen LogP contribution is -2.20. The van der Waals surface area contributed by atoms with E-state index in [1.807, 2.05) is 0 Å². The molecule has 0 radical (unpaired) electrons. The van der Waals surface area contributed by atoms with Crippen LogP contribution < -0.4 is 0 Å². The minimum atomic E-state index is -0.462. The zero-order valence-corrected chi connectivity index (χ0v) is 18.4. The monoisotopic (exact) mass is 394 g/mol. The molecule has 4 nitrogen and oxygen atoms in total. The van der Waals surface area contributed by atoms with Crippen LogP contribution in [-0.2, 0) is 9.53 Å². The van der Waals surface area contributed by atoms with Crippen LogP contribution in [-0.4, -0.2) is 35.5 Å². The summed E-state index contributed by atoms with van der Waals surface area (Å²) in [6.45, 7) is 6.72. The molecule has 1 unspecified atom stereocenters. The Balaban J connectivity index is 2.48. The number of unbranched alkanes of at least 4 members (excludes halogenated alkanes) is 4. The second-order valence-electron chi connectivity index (χ2n) is 8.95. The summed E-state index contributed by atoms with van der Waals surface area (Å²) in [5.74, 6) is -0.0623. The van der Waals surface area contributed by atoms with E-state index in [0.29, 0.717) is 12.8 Å². The van der Waals surface area contributed by atoms with Gasteiger partial charge in [0.1, 0.15) is 0 Å². The fraction of sp³-hybridized carbons (Fsp3) is 0.792. The highest BCUT2D eigenvalue weighted by molar-refractivity contribution is 5.68. The fourth-order valence-corrected chi connectivity index (χ4v) is 4.00. The number of methoxy groups -OCH3 is 1. The predicted molar refractivity (Wildman–Crippen MR) is 115 cm³/mol. The number of hydrogen-bond donors (Lipinski definition) is 2. The van der Waals surface area contributed by atoms with Crippen LogP contribution in [0.1, 0.15) is 85.0 Å². The van der Waals surface area contributed by atoms with E-state index in [-0.39, 0.29) is 23.2 Å². The summed E-state index contributed by atoms with van der Waals surface area (Å²) in [7, 11) is 1.42. The van der Waals surface area contributed by atoms with Gasteiger partial charge in [-0.2, -0.15) is 0 Å². The third kappa shape index (κ3) is 9.38. The fourth-order valence-electron chi connectivity index (χ4n) is 4.00. The number of carbonyl (C=O) groups is 1. The predicted octanol–water partition coefficient (Wildman–Crippen LogP) is 5.19. The molecule has 0 aromatic rings. The van der Waals surface area contributed by atoms with E-state index in [4.69, 9.17) is 0 Å². The van der Waals surface area contributed by atoms with E-state index >= 15 is 0 Å². The maximum absolute atomic E-state index is 11.1. The Morgan fingerprint density at radius 3 is 2.54 bits per heavy atom. The smallest absolute Gasteiger partial charge is 0.305 e. The summed E-state index contributed by atoms with van der Waals surface area (Å²) >= 11 is 0. The van der Waals surface area contributed by atoms with Gasteiger partial charge in [0.05, 0.1) is 19.3 Å². The molecule has 0 heterocycles. The Kier molecular flexibility index (Phi) is 11.7. The van der Waals surface area contributed by atoms with Gasteiger partial charge in [0.25, 0.3) is 0 Å². The summed E-state index contributed by atoms with van der Waals surface area (Å²) in [4.78, 5) is 11.1. The quantitative estimate of drug-likeness (QED) is 0.256. The van der Waals surface area contributed by atoms with Crippen LogP contribution in [0.15, 0.2) is 24.3 Å². The topological polar surface area (TPSA) is 66.8 Å². The van der Waals surface area contributed by atoms with Crippen LogP contribution in [0.5, 0.6) is 0 Å². The second-order valence-corrected chi connectivity index (χ2v) is 8.95. The van der Waals surface area contributed by atoms with E-state index < -0.39 is 12.2 Å². The lowest BCUT2D eigenvalue weighted by molar-refractivity contribution is -0.140. The lowest BCUT2D eigenvalue weighted by atomic mass is 9.83. The first-order valence-corrected chi connectivity index (χ1v) is 11.1. The number of ether oxygens (including phenoxy) is 1. The number of aliphatic hydroxyl groups is 2. The Morgan fingerprint density at radius 1 is 1.11 bits per heavy atom. The van der Waals surface area contributed by atoms with Crippen LogP contribution in [0.3, 0.4) is 0 Å². The highest BCUT2D eigenvalue weighted by atomic mass is 16.5. The number of carbonyl (C=O) groups excluding carboxylic acids is 1. The van der Waals surface area contributed by atoms with E-state index in [1.54, 1.807) is 0 Å². The van der Waals surface area contributed by atoms with Crippen molar-refractivity contribution < 1.29 is 19.7 Å². The molecular formula is C24H42O4. The molecule has 1 rings (SSSR count). The largest absolute Gasteiger partial charge is 0.469 e. The zero-order valence-electron chi connectivity index (χ0n) is 18.4. The van der Waals surface area contributed by atoms with Crippen molar-refractivity contribution >= 4 is 5.97 Å².